The van der Waals surface area contributed by atoms with E-state index < -0.39 is 23.4 Å². The van der Waals surface area contributed by atoms with E-state index in [-0.39, 0.29) is 23.0 Å². The Morgan fingerprint density at radius 2 is 1.62 bits per heavy atom. The molecule has 3 rings (SSSR count). The van der Waals surface area contributed by atoms with Crippen molar-refractivity contribution in [3.8, 4) is 29.3 Å². The van der Waals surface area contributed by atoms with E-state index in [9.17, 15) is 13.6 Å². The van der Waals surface area contributed by atoms with Gasteiger partial charge in [-0.25, -0.2) is 8.78 Å². The Morgan fingerprint density at radius 1 is 1.03 bits per heavy atom. The quantitative estimate of drug-likeness (QED) is 0.511. The predicted octanol–water partition coefficient (Wildman–Crippen LogP) is 5.15. The van der Waals surface area contributed by atoms with Crippen LogP contribution >= 0.6 is 0 Å². The van der Waals surface area contributed by atoms with Crippen molar-refractivity contribution >= 4 is 5.91 Å². The lowest BCUT2D eigenvalue weighted by Crippen LogP contribution is -2.21. The van der Waals surface area contributed by atoms with Gasteiger partial charge in [-0.05, 0) is 49.2 Å². The summed E-state index contributed by atoms with van der Waals surface area (Å²) in [5.74, 6) is -2.38. The minimum Gasteiger partial charge on any atom is -0.436 e. The molecule has 0 N–H and O–H groups in total. The Kier molecular flexibility index (Phi) is 7.00. The molecule has 0 saturated heterocycles. The Balaban J connectivity index is 1.85. The number of nitriles is 1. The molecular weight excluding hydrogens is 416 g/mol. The molecule has 0 unspecified atom stereocenters. The molecule has 6 nitrogen and oxygen atoms in total. The highest BCUT2D eigenvalue weighted by Crippen LogP contribution is 2.33. The lowest BCUT2D eigenvalue weighted by molar-refractivity contribution is -0.128. The van der Waals surface area contributed by atoms with E-state index in [0.717, 1.165) is 5.56 Å². The van der Waals surface area contributed by atoms with Gasteiger partial charge in [-0.15, -0.1) is 0 Å². The molecule has 3 aromatic rings. The van der Waals surface area contributed by atoms with Crippen LogP contribution < -0.4 is 9.47 Å². The standard InChI is InChI=1S/C24H21F2N3O3/c1-15-21(25)23(28-24(22(15)26)32-19-9-5-7-17(13-19)14-27)31-18-8-4-6-16(12-18)10-11-20(30)29(2)3/h4-9,12-13H,10-11H2,1-3H3. The number of aryl methyl sites for hydroxylation is 1. The minimum atomic E-state index is -0.965. The van der Waals surface area contributed by atoms with Gasteiger partial charge in [0.2, 0.25) is 5.91 Å². The Morgan fingerprint density at radius 3 is 2.22 bits per heavy atom. The number of nitrogens with zero attached hydrogens (tertiary/aromatic N) is 3. The number of halogens is 2. The molecule has 8 heteroatoms. The molecule has 2 aromatic carbocycles. The molecule has 0 aliphatic rings. The summed E-state index contributed by atoms with van der Waals surface area (Å²) in [4.78, 5) is 17.2. The van der Waals surface area contributed by atoms with E-state index in [0.29, 0.717) is 18.4 Å². The van der Waals surface area contributed by atoms with Crippen LogP contribution in [0.2, 0.25) is 0 Å². The van der Waals surface area contributed by atoms with Crippen LogP contribution in [-0.2, 0) is 11.2 Å². The van der Waals surface area contributed by atoms with Crippen LogP contribution in [-0.4, -0.2) is 29.9 Å². The summed E-state index contributed by atoms with van der Waals surface area (Å²) in [6.07, 6.45) is 0.800. The van der Waals surface area contributed by atoms with Gasteiger partial charge in [0.25, 0.3) is 11.8 Å². The number of hydrogen-bond acceptors (Lipinski definition) is 5. The molecule has 0 aliphatic heterocycles. The average molecular weight is 437 g/mol. The number of carbonyl (C=O) groups excluding carboxylic acids is 1. The maximum atomic E-state index is 14.7. The SMILES string of the molecule is Cc1c(F)c(Oc2cccc(C#N)c2)nc(Oc2cccc(CCC(=O)N(C)C)c2)c1F. The summed E-state index contributed by atoms with van der Waals surface area (Å²) >= 11 is 0. The van der Waals surface area contributed by atoms with Gasteiger partial charge < -0.3 is 14.4 Å². The number of ether oxygens (including phenoxy) is 2. The first kappa shape index (κ1) is 22.7. The Hall–Kier alpha value is -3.99. The number of pyridine rings is 1. The first-order chi connectivity index (χ1) is 15.3. The summed E-state index contributed by atoms with van der Waals surface area (Å²) in [6.45, 7) is 1.25. The van der Waals surface area contributed by atoms with E-state index in [1.165, 1.54) is 24.0 Å². The van der Waals surface area contributed by atoms with Crippen molar-refractivity contribution in [3.63, 3.8) is 0 Å². The molecule has 0 aliphatic carbocycles. The zero-order chi connectivity index (χ0) is 23.3. The number of carbonyl (C=O) groups is 1. The van der Waals surface area contributed by atoms with Crippen molar-refractivity contribution in [1.29, 1.82) is 5.26 Å². The zero-order valence-electron chi connectivity index (χ0n) is 17.9. The van der Waals surface area contributed by atoms with Crippen molar-refractivity contribution < 1.29 is 23.0 Å². The average Bonchev–Trinajstić information content (AvgIpc) is 2.79. The van der Waals surface area contributed by atoms with Gasteiger partial charge in [-0.3, -0.25) is 4.79 Å². The van der Waals surface area contributed by atoms with Gasteiger partial charge in [0.15, 0.2) is 11.6 Å². The second kappa shape index (κ2) is 9.88. The van der Waals surface area contributed by atoms with Crippen molar-refractivity contribution in [2.45, 2.75) is 19.8 Å². The summed E-state index contributed by atoms with van der Waals surface area (Å²) in [7, 11) is 3.37. The second-order valence-corrected chi connectivity index (χ2v) is 7.25. The highest BCUT2D eigenvalue weighted by Gasteiger charge is 2.21. The third-order valence-corrected chi connectivity index (χ3v) is 4.65. The van der Waals surface area contributed by atoms with E-state index in [4.69, 9.17) is 14.7 Å². The maximum absolute atomic E-state index is 14.7. The van der Waals surface area contributed by atoms with Crippen LogP contribution in [0.3, 0.4) is 0 Å². The lowest BCUT2D eigenvalue weighted by atomic mass is 10.1. The smallest absolute Gasteiger partial charge is 0.259 e. The molecular formula is C24H21F2N3O3. The second-order valence-electron chi connectivity index (χ2n) is 7.25. The van der Waals surface area contributed by atoms with Crippen molar-refractivity contribution in [2.75, 3.05) is 14.1 Å². The van der Waals surface area contributed by atoms with Crippen LogP contribution in [0.1, 0.15) is 23.1 Å². The summed E-state index contributed by atoms with van der Waals surface area (Å²) in [5.41, 5.74) is 0.832. The molecule has 0 fully saturated rings. The van der Waals surface area contributed by atoms with Crippen LogP contribution in [0.4, 0.5) is 8.78 Å². The van der Waals surface area contributed by atoms with Gasteiger partial charge >= 0.3 is 0 Å². The topological polar surface area (TPSA) is 75.5 Å². The molecule has 1 aromatic heterocycles. The number of amides is 1. The van der Waals surface area contributed by atoms with Crippen molar-refractivity contribution in [3.05, 3.63) is 76.9 Å². The molecule has 0 bridgehead atoms. The highest BCUT2D eigenvalue weighted by atomic mass is 19.1. The van der Waals surface area contributed by atoms with E-state index >= 15 is 0 Å². The number of rotatable bonds is 7. The van der Waals surface area contributed by atoms with Gasteiger partial charge in [0.05, 0.1) is 11.6 Å². The summed E-state index contributed by atoms with van der Waals surface area (Å²) < 4.78 is 40.3. The van der Waals surface area contributed by atoms with Crippen LogP contribution in [0.5, 0.6) is 23.3 Å². The maximum Gasteiger partial charge on any atom is 0.259 e. The Labute approximate surface area is 184 Å². The molecule has 1 heterocycles. The molecule has 0 spiro atoms. The van der Waals surface area contributed by atoms with Gasteiger partial charge in [0, 0.05) is 26.1 Å². The van der Waals surface area contributed by atoms with E-state index in [2.05, 4.69) is 4.98 Å². The summed E-state index contributed by atoms with van der Waals surface area (Å²) in [5, 5.41) is 9.00. The highest BCUT2D eigenvalue weighted by molar-refractivity contribution is 5.75. The molecule has 0 saturated carbocycles. The van der Waals surface area contributed by atoms with Crippen molar-refractivity contribution in [1.82, 2.24) is 9.88 Å². The lowest BCUT2D eigenvalue weighted by Gasteiger charge is -2.13. The third-order valence-electron chi connectivity index (χ3n) is 4.65. The van der Waals surface area contributed by atoms with Crippen LogP contribution in [0.25, 0.3) is 0 Å². The number of hydrogen-bond donors (Lipinski definition) is 0. The number of aromatic nitrogens is 1. The molecule has 32 heavy (non-hydrogen) atoms. The van der Waals surface area contributed by atoms with E-state index in [1.54, 1.807) is 44.4 Å². The summed E-state index contributed by atoms with van der Waals surface area (Å²) in [6, 6.07) is 14.9. The largest absolute Gasteiger partial charge is 0.436 e. The van der Waals surface area contributed by atoms with Crippen LogP contribution in [0, 0.1) is 29.9 Å². The van der Waals surface area contributed by atoms with Crippen LogP contribution in [0.15, 0.2) is 48.5 Å². The monoisotopic (exact) mass is 437 g/mol. The third kappa shape index (κ3) is 5.38. The first-order valence-corrected chi connectivity index (χ1v) is 9.79. The van der Waals surface area contributed by atoms with Gasteiger partial charge in [-0.1, -0.05) is 18.2 Å². The fourth-order valence-electron chi connectivity index (χ4n) is 2.83. The molecule has 1 amide bonds. The van der Waals surface area contributed by atoms with E-state index in [1.807, 2.05) is 12.1 Å². The van der Waals surface area contributed by atoms with Gasteiger partial charge in [0.1, 0.15) is 11.5 Å². The predicted molar refractivity (Wildman–Crippen MR) is 114 cm³/mol. The number of benzene rings is 2. The van der Waals surface area contributed by atoms with Crippen molar-refractivity contribution in [2.24, 2.45) is 0 Å². The molecule has 0 atom stereocenters. The minimum absolute atomic E-state index is 0.0135. The fourth-order valence-corrected chi connectivity index (χ4v) is 2.83. The first-order valence-electron chi connectivity index (χ1n) is 9.79. The molecule has 164 valence electrons. The molecule has 0 radical (unpaired) electrons. The zero-order valence-corrected chi connectivity index (χ0v) is 17.9. The Bertz CT molecular complexity index is 1190. The van der Waals surface area contributed by atoms with Gasteiger partial charge in [-0.2, -0.15) is 10.2 Å². The normalized spacial score (nSPS) is 10.4. The fraction of sp³-hybridized carbons (Fsp3) is 0.208.